The average Bonchev–Trinajstić information content (AvgIpc) is 2.82. The summed E-state index contributed by atoms with van der Waals surface area (Å²) in [6.45, 7) is -1.56. The van der Waals surface area contributed by atoms with Crippen molar-refractivity contribution < 1.29 is 40.6 Å². The van der Waals surface area contributed by atoms with E-state index in [2.05, 4.69) is 0 Å². The molecule has 0 saturated heterocycles. The van der Waals surface area contributed by atoms with Crippen LogP contribution in [-0.2, 0) is 24.8 Å². The second-order valence-electron chi connectivity index (χ2n) is 6.79. The lowest BCUT2D eigenvalue weighted by Gasteiger charge is -2.22. The van der Waals surface area contributed by atoms with Crippen LogP contribution < -0.4 is 20.9 Å². The van der Waals surface area contributed by atoms with Gasteiger partial charge < -0.3 is 25.7 Å². The Kier molecular flexibility index (Phi) is 9.27. The van der Waals surface area contributed by atoms with Crippen LogP contribution in [0.4, 0.5) is 9.59 Å². The molecule has 0 aliphatic rings. The second kappa shape index (κ2) is 11.7. The molecule has 0 atom stereocenters. The van der Waals surface area contributed by atoms with Crippen molar-refractivity contribution in [2.45, 2.75) is 9.79 Å². The SMILES string of the molecule is COc1ccc(S(=O)(=O)N(CCOCCN(C(N)=O)S(=O)(=O)c2ccc(OC)cc2)C(N)=O)cc1. The van der Waals surface area contributed by atoms with Crippen LogP contribution in [0.3, 0.4) is 0 Å². The van der Waals surface area contributed by atoms with Gasteiger partial charge in [0.1, 0.15) is 11.5 Å². The molecule has 0 radical (unpaired) electrons. The molecule has 15 heteroatoms. The largest absolute Gasteiger partial charge is 0.497 e. The van der Waals surface area contributed by atoms with Gasteiger partial charge in [0.05, 0.1) is 50.3 Å². The van der Waals surface area contributed by atoms with Gasteiger partial charge in [-0.25, -0.2) is 35.0 Å². The third kappa shape index (κ3) is 6.74. The summed E-state index contributed by atoms with van der Waals surface area (Å²) in [6, 6.07) is 8.16. The molecule has 4 N–H and O–H groups in total. The lowest BCUT2D eigenvalue weighted by Crippen LogP contribution is -2.44. The summed E-state index contributed by atoms with van der Waals surface area (Å²) in [6.07, 6.45) is 0. The van der Waals surface area contributed by atoms with Crippen LogP contribution in [0.5, 0.6) is 11.5 Å². The number of nitrogens with two attached hydrogens (primary N) is 2. The zero-order valence-electron chi connectivity index (χ0n) is 19.0. The maximum atomic E-state index is 12.7. The van der Waals surface area contributed by atoms with Crippen molar-refractivity contribution in [1.29, 1.82) is 0 Å². The first-order valence-electron chi connectivity index (χ1n) is 9.95. The van der Waals surface area contributed by atoms with Gasteiger partial charge in [0.2, 0.25) is 0 Å². The molecule has 0 fully saturated rings. The molecule has 2 aromatic carbocycles. The van der Waals surface area contributed by atoms with Gasteiger partial charge in [-0.15, -0.1) is 0 Å². The molecule has 0 aromatic heterocycles. The standard InChI is InChI=1S/C20H26N4O9S2/c1-31-15-3-7-17(8-4-15)34(27,28)23(19(21)25)11-13-33-14-12-24(20(22)26)35(29,30)18-9-5-16(32-2)6-10-18/h3-10H,11-14H2,1-2H3,(H2,21,25)(H2,22,26). The molecule has 192 valence electrons. The highest BCUT2D eigenvalue weighted by Crippen LogP contribution is 2.20. The number of amides is 4. The molecule has 0 spiro atoms. The van der Waals surface area contributed by atoms with E-state index in [0.29, 0.717) is 20.1 Å². The number of nitrogens with zero attached hydrogens (tertiary/aromatic N) is 2. The number of hydrogen-bond donors (Lipinski definition) is 2. The van der Waals surface area contributed by atoms with Crippen molar-refractivity contribution in [3.05, 3.63) is 48.5 Å². The van der Waals surface area contributed by atoms with E-state index >= 15 is 0 Å². The van der Waals surface area contributed by atoms with Crippen LogP contribution in [0.1, 0.15) is 0 Å². The van der Waals surface area contributed by atoms with Crippen LogP contribution in [-0.4, -0.2) is 78.0 Å². The molecule has 0 aliphatic heterocycles. The van der Waals surface area contributed by atoms with Crippen LogP contribution in [0.15, 0.2) is 58.3 Å². The van der Waals surface area contributed by atoms with Gasteiger partial charge in [-0.3, -0.25) is 0 Å². The summed E-state index contributed by atoms with van der Waals surface area (Å²) >= 11 is 0. The van der Waals surface area contributed by atoms with E-state index in [1.54, 1.807) is 0 Å². The van der Waals surface area contributed by atoms with Crippen molar-refractivity contribution >= 4 is 32.1 Å². The van der Waals surface area contributed by atoms with Crippen molar-refractivity contribution in [3.63, 3.8) is 0 Å². The molecular weight excluding hydrogens is 504 g/mol. The maximum Gasteiger partial charge on any atom is 0.328 e. The Morgan fingerprint density at radius 3 is 1.26 bits per heavy atom. The number of methoxy groups -OCH3 is 2. The summed E-state index contributed by atoms with van der Waals surface area (Å²) in [5.74, 6) is 0.836. The highest BCUT2D eigenvalue weighted by Gasteiger charge is 2.29. The van der Waals surface area contributed by atoms with Gasteiger partial charge in [-0.1, -0.05) is 0 Å². The molecule has 2 rings (SSSR count). The minimum absolute atomic E-state index is 0.192. The minimum Gasteiger partial charge on any atom is -0.497 e. The zero-order valence-corrected chi connectivity index (χ0v) is 20.6. The number of carbonyl (C=O) groups excluding carboxylic acids is 2. The predicted octanol–water partition coefficient (Wildman–Crippen LogP) is 0.559. The Labute approximate surface area is 203 Å². The van der Waals surface area contributed by atoms with Crippen molar-refractivity contribution in [2.24, 2.45) is 11.5 Å². The molecular formula is C20H26N4O9S2. The van der Waals surface area contributed by atoms with Gasteiger partial charge in [0.25, 0.3) is 20.0 Å². The fourth-order valence-corrected chi connectivity index (χ4v) is 5.42. The lowest BCUT2D eigenvalue weighted by atomic mass is 10.3. The molecule has 2 aromatic rings. The molecule has 0 bridgehead atoms. The fourth-order valence-electron chi connectivity index (χ4n) is 2.84. The normalized spacial score (nSPS) is 11.5. The predicted molar refractivity (Wildman–Crippen MR) is 124 cm³/mol. The highest BCUT2D eigenvalue weighted by molar-refractivity contribution is 7.90. The number of benzene rings is 2. The van der Waals surface area contributed by atoms with E-state index < -0.39 is 45.2 Å². The molecule has 13 nitrogen and oxygen atoms in total. The van der Waals surface area contributed by atoms with Crippen LogP contribution in [0, 0.1) is 0 Å². The number of urea groups is 2. The Bertz CT molecular complexity index is 1130. The topological polar surface area (TPSA) is 189 Å². The number of ether oxygens (including phenoxy) is 3. The molecule has 0 heterocycles. The van der Waals surface area contributed by atoms with Crippen LogP contribution in [0.25, 0.3) is 0 Å². The van der Waals surface area contributed by atoms with Crippen LogP contribution in [0.2, 0.25) is 0 Å². The van der Waals surface area contributed by atoms with E-state index in [1.165, 1.54) is 62.8 Å². The number of primary amides is 2. The Morgan fingerprint density at radius 1 is 0.686 bits per heavy atom. The second-order valence-corrected chi connectivity index (χ2v) is 10.5. The van der Waals surface area contributed by atoms with E-state index in [9.17, 15) is 26.4 Å². The minimum atomic E-state index is -4.27. The Balaban J connectivity index is 2.01. The first-order chi connectivity index (χ1) is 16.4. The zero-order chi connectivity index (χ0) is 26.2. The van der Waals surface area contributed by atoms with Crippen molar-refractivity contribution in [2.75, 3.05) is 40.5 Å². The van der Waals surface area contributed by atoms with Gasteiger partial charge in [0, 0.05) is 0 Å². The van der Waals surface area contributed by atoms with Gasteiger partial charge in [-0.05, 0) is 48.5 Å². The summed E-state index contributed by atoms with van der Waals surface area (Å²) in [5, 5.41) is 0. The summed E-state index contributed by atoms with van der Waals surface area (Å²) in [5.41, 5.74) is 10.5. The van der Waals surface area contributed by atoms with E-state index in [1.807, 2.05) is 0 Å². The molecule has 4 amide bonds. The first-order valence-corrected chi connectivity index (χ1v) is 12.8. The number of rotatable bonds is 12. The summed E-state index contributed by atoms with van der Waals surface area (Å²) in [4.78, 5) is 23.2. The third-order valence-electron chi connectivity index (χ3n) is 4.66. The monoisotopic (exact) mass is 530 g/mol. The van der Waals surface area contributed by atoms with Gasteiger partial charge in [0.15, 0.2) is 0 Å². The maximum absolute atomic E-state index is 12.7. The number of carbonyl (C=O) groups is 2. The third-order valence-corrected chi connectivity index (χ3v) is 8.29. The molecule has 35 heavy (non-hydrogen) atoms. The summed E-state index contributed by atoms with van der Waals surface area (Å²) < 4.78 is 67.0. The van der Waals surface area contributed by atoms with Gasteiger partial charge in [-0.2, -0.15) is 0 Å². The van der Waals surface area contributed by atoms with E-state index in [4.69, 9.17) is 25.7 Å². The van der Waals surface area contributed by atoms with Crippen molar-refractivity contribution in [3.8, 4) is 11.5 Å². The number of sulfonamides is 2. The van der Waals surface area contributed by atoms with Crippen molar-refractivity contribution in [1.82, 2.24) is 8.61 Å². The van der Waals surface area contributed by atoms with Gasteiger partial charge >= 0.3 is 12.1 Å². The van der Waals surface area contributed by atoms with E-state index in [0.717, 1.165) is 0 Å². The summed E-state index contributed by atoms with van der Waals surface area (Å²) in [7, 11) is -5.72. The molecule has 0 aliphatic carbocycles. The fraction of sp³-hybridized carbons (Fsp3) is 0.300. The number of hydrogen-bond acceptors (Lipinski definition) is 9. The Hall–Kier alpha value is -3.56. The van der Waals surface area contributed by atoms with E-state index in [-0.39, 0.29) is 23.0 Å². The highest BCUT2D eigenvalue weighted by atomic mass is 32.2. The average molecular weight is 531 g/mol. The first kappa shape index (κ1) is 27.7. The smallest absolute Gasteiger partial charge is 0.328 e. The van der Waals surface area contributed by atoms with Crippen LogP contribution >= 0.6 is 0 Å². The quantitative estimate of drug-likeness (QED) is 0.369. The lowest BCUT2D eigenvalue weighted by molar-refractivity contribution is 0.118. The Morgan fingerprint density at radius 2 is 1.00 bits per heavy atom. The molecule has 0 unspecified atom stereocenters. The molecule has 0 saturated carbocycles.